The summed E-state index contributed by atoms with van der Waals surface area (Å²) in [6.45, 7) is 10.4. The fourth-order valence-electron chi connectivity index (χ4n) is 5.13. The third-order valence-electron chi connectivity index (χ3n) is 7.79. The van der Waals surface area contributed by atoms with Crippen LogP contribution in [-0.2, 0) is 38.1 Å². The molecule has 0 N–H and O–H groups in total. The van der Waals surface area contributed by atoms with Crippen LogP contribution in [0.15, 0.2) is 55.7 Å². The summed E-state index contributed by atoms with van der Waals surface area (Å²) in [5.74, 6) is -1.13. The highest BCUT2D eigenvalue weighted by Gasteiger charge is 2.29. The lowest BCUT2D eigenvalue weighted by Gasteiger charge is -2.27. The van der Waals surface area contributed by atoms with E-state index in [0.29, 0.717) is 75.6 Å². The Morgan fingerprint density at radius 3 is 1.93 bits per heavy atom. The van der Waals surface area contributed by atoms with Crippen LogP contribution in [0, 0.1) is 18.8 Å². The SMILES string of the molecule is C=CC(=O)OCCCCOC1C=CC(C(=O)Oc2ccc(OC(=O)C3CCC(OCCCCOC(=O)C=C)CC3)cc2C)CC1. The third kappa shape index (κ3) is 13.0. The molecule has 0 aromatic heterocycles. The lowest BCUT2D eigenvalue weighted by Crippen LogP contribution is -2.29. The maximum absolute atomic E-state index is 12.8. The molecule has 2 atom stereocenters. The predicted octanol–water partition coefficient (Wildman–Crippen LogP) is 5.75. The van der Waals surface area contributed by atoms with Gasteiger partial charge in [-0.3, -0.25) is 9.59 Å². The second-order valence-electron chi connectivity index (χ2n) is 11.2. The minimum absolute atomic E-state index is 0.0601. The first-order valence-electron chi connectivity index (χ1n) is 15.8. The van der Waals surface area contributed by atoms with E-state index in [0.717, 1.165) is 44.3 Å². The lowest BCUT2D eigenvalue weighted by molar-refractivity contribution is -0.141. The average molecular weight is 627 g/mol. The van der Waals surface area contributed by atoms with Crippen LogP contribution in [0.3, 0.4) is 0 Å². The number of carbonyl (C=O) groups is 4. The molecule has 1 aromatic rings. The zero-order valence-corrected chi connectivity index (χ0v) is 26.2. The number of benzene rings is 1. The number of aryl methyl sites for hydroxylation is 1. The topological polar surface area (TPSA) is 124 Å². The zero-order valence-electron chi connectivity index (χ0n) is 26.2. The molecule has 0 saturated heterocycles. The summed E-state index contributed by atoms with van der Waals surface area (Å²) >= 11 is 0. The zero-order chi connectivity index (χ0) is 32.4. The second kappa shape index (κ2) is 19.6. The molecule has 2 unspecified atom stereocenters. The van der Waals surface area contributed by atoms with E-state index in [1.165, 1.54) is 0 Å². The summed E-state index contributed by atoms with van der Waals surface area (Å²) in [6.07, 6.45) is 13.4. The first-order valence-corrected chi connectivity index (χ1v) is 15.8. The van der Waals surface area contributed by atoms with Crippen molar-refractivity contribution in [1.82, 2.24) is 0 Å². The molecule has 246 valence electrons. The first-order chi connectivity index (χ1) is 21.8. The number of unbranched alkanes of at least 4 members (excludes halogenated alkanes) is 2. The van der Waals surface area contributed by atoms with Crippen LogP contribution in [0.4, 0.5) is 0 Å². The summed E-state index contributed by atoms with van der Waals surface area (Å²) < 4.78 is 33.0. The van der Waals surface area contributed by atoms with Crippen LogP contribution in [0.25, 0.3) is 0 Å². The molecule has 0 heterocycles. The van der Waals surface area contributed by atoms with Crippen molar-refractivity contribution in [2.45, 2.75) is 83.3 Å². The second-order valence-corrected chi connectivity index (χ2v) is 11.2. The van der Waals surface area contributed by atoms with Gasteiger partial charge < -0.3 is 28.4 Å². The van der Waals surface area contributed by atoms with Crippen LogP contribution >= 0.6 is 0 Å². The van der Waals surface area contributed by atoms with Gasteiger partial charge in [-0.05, 0) is 94.9 Å². The molecule has 45 heavy (non-hydrogen) atoms. The van der Waals surface area contributed by atoms with E-state index in [1.54, 1.807) is 18.2 Å². The van der Waals surface area contributed by atoms with Gasteiger partial charge in [-0.2, -0.15) is 0 Å². The van der Waals surface area contributed by atoms with E-state index in [1.807, 2.05) is 19.1 Å². The van der Waals surface area contributed by atoms with E-state index < -0.39 is 11.9 Å². The Hall–Kier alpha value is -3.76. The molecule has 1 aromatic carbocycles. The van der Waals surface area contributed by atoms with E-state index in [9.17, 15) is 19.2 Å². The highest BCUT2D eigenvalue weighted by atomic mass is 16.5. The third-order valence-corrected chi connectivity index (χ3v) is 7.79. The normalized spacial score (nSPS) is 20.9. The number of hydrogen-bond acceptors (Lipinski definition) is 10. The molecule has 0 amide bonds. The summed E-state index contributed by atoms with van der Waals surface area (Å²) in [7, 11) is 0. The van der Waals surface area contributed by atoms with E-state index in [-0.39, 0.29) is 36.0 Å². The molecule has 1 fully saturated rings. The Morgan fingerprint density at radius 1 is 0.733 bits per heavy atom. The number of esters is 4. The van der Waals surface area contributed by atoms with Gasteiger partial charge in [0, 0.05) is 25.4 Å². The Kier molecular flexibility index (Phi) is 15.5. The van der Waals surface area contributed by atoms with Crippen molar-refractivity contribution in [2.24, 2.45) is 11.8 Å². The van der Waals surface area contributed by atoms with E-state index >= 15 is 0 Å². The minimum atomic E-state index is -0.425. The van der Waals surface area contributed by atoms with Gasteiger partial charge in [0.2, 0.25) is 0 Å². The Labute approximate surface area is 265 Å². The Bertz CT molecular complexity index is 1180. The summed E-state index contributed by atoms with van der Waals surface area (Å²) in [6, 6.07) is 5.01. The Morgan fingerprint density at radius 2 is 1.36 bits per heavy atom. The van der Waals surface area contributed by atoms with Gasteiger partial charge >= 0.3 is 23.9 Å². The van der Waals surface area contributed by atoms with Crippen molar-refractivity contribution in [3.8, 4) is 11.5 Å². The number of carbonyl (C=O) groups excluding carboxylic acids is 4. The van der Waals surface area contributed by atoms with Crippen molar-refractivity contribution in [1.29, 1.82) is 0 Å². The van der Waals surface area contributed by atoms with Gasteiger partial charge in [-0.25, -0.2) is 9.59 Å². The maximum Gasteiger partial charge on any atom is 0.330 e. The molecular formula is C35H46O10. The van der Waals surface area contributed by atoms with Gasteiger partial charge in [0.15, 0.2) is 0 Å². The van der Waals surface area contributed by atoms with Crippen molar-refractivity contribution < 1.29 is 47.6 Å². The fourth-order valence-corrected chi connectivity index (χ4v) is 5.13. The van der Waals surface area contributed by atoms with Gasteiger partial charge in [0.1, 0.15) is 11.5 Å². The maximum atomic E-state index is 12.8. The standard InChI is InChI=1S/C35H46O10/c1-4-32(36)42-22-8-6-20-40-28-14-10-26(11-15-28)34(38)44-30-18-19-31(25(3)24-30)45-35(39)27-12-16-29(17-13-27)41-21-7-9-23-43-33(37)5-2/h4-5,12,16,18-19,24,26-29H,1-2,6-11,13-15,17,20-23H2,3H3. The molecular weight excluding hydrogens is 580 g/mol. The summed E-state index contributed by atoms with van der Waals surface area (Å²) in [5, 5.41) is 0. The summed E-state index contributed by atoms with van der Waals surface area (Å²) in [5.41, 5.74) is 0.699. The molecule has 0 radical (unpaired) electrons. The minimum Gasteiger partial charge on any atom is -0.463 e. The molecule has 0 bridgehead atoms. The van der Waals surface area contributed by atoms with Gasteiger partial charge in [0.25, 0.3) is 0 Å². The smallest absolute Gasteiger partial charge is 0.330 e. The first kappa shape index (κ1) is 35.7. The Balaban J connectivity index is 1.32. The average Bonchev–Trinajstić information content (AvgIpc) is 3.05. The van der Waals surface area contributed by atoms with Crippen molar-refractivity contribution in [3.05, 3.63) is 61.2 Å². The number of ether oxygens (including phenoxy) is 6. The molecule has 0 spiro atoms. The number of hydrogen-bond donors (Lipinski definition) is 0. The molecule has 3 rings (SSSR count). The highest BCUT2D eigenvalue weighted by Crippen LogP contribution is 2.30. The largest absolute Gasteiger partial charge is 0.463 e. The van der Waals surface area contributed by atoms with Crippen LogP contribution in [0.2, 0.25) is 0 Å². The fraction of sp³-hybridized carbons (Fsp3) is 0.543. The quantitative estimate of drug-likeness (QED) is 0.0654. The predicted molar refractivity (Wildman–Crippen MR) is 167 cm³/mol. The van der Waals surface area contributed by atoms with Gasteiger partial charge in [0.05, 0.1) is 37.3 Å². The molecule has 0 aliphatic heterocycles. The summed E-state index contributed by atoms with van der Waals surface area (Å²) in [4.78, 5) is 47.7. The van der Waals surface area contributed by atoms with E-state index in [2.05, 4.69) is 13.2 Å². The van der Waals surface area contributed by atoms with Crippen LogP contribution in [0.5, 0.6) is 11.5 Å². The molecule has 10 nitrogen and oxygen atoms in total. The van der Waals surface area contributed by atoms with E-state index in [4.69, 9.17) is 28.4 Å². The molecule has 10 heteroatoms. The van der Waals surface area contributed by atoms with Gasteiger partial charge in [-0.1, -0.05) is 25.3 Å². The molecule has 2 aliphatic rings. The van der Waals surface area contributed by atoms with Crippen LogP contribution < -0.4 is 9.47 Å². The van der Waals surface area contributed by atoms with Crippen molar-refractivity contribution >= 4 is 23.9 Å². The van der Waals surface area contributed by atoms with Crippen LogP contribution in [0.1, 0.15) is 69.8 Å². The monoisotopic (exact) mass is 626 g/mol. The molecule has 1 saturated carbocycles. The highest BCUT2D eigenvalue weighted by molar-refractivity contribution is 5.81. The number of rotatable bonds is 18. The van der Waals surface area contributed by atoms with Crippen LogP contribution in [-0.4, -0.2) is 62.5 Å². The van der Waals surface area contributed by atoms with Gasteiger partial charge in [-0.15, -0.1) is 0 Å². The van der Waals surface area contributed by atoms with Crippen molar-refractivity contribution in [2.75, 3.05) is 26.4 Å². The van der Waals surface area contributed by atoms with Crippen molar-refractivity contribution in [3.63, 3.8) is 0 Å². The molecule has 2 aliphatic carbocycles. The lowest BCUT2D eigenvalue weighted by atomic mass is 9.87.